The van der Waals surface area contributed by atoms with Crippen LogP contribution in [0.1, 0.15) is 29.7 Å². The molecule has 0 aliphatic heterocycles. The standard InChI is InChI=1S/C22H34N2O12P2.CH4.Fe/c25-9-15-2-4-21(29)18(5-15)8-24(14-38(34,35)36)20(12-28)19(11-27)23(13-37(31,32)33)7-17-3-1-16(10-26)6-22(17)30;;/h1-6,19-20,25-30H,7-14H2,(H2,31,32,33)(H2,34,35,36);1H4;/q;;+2/p-2. The van der Waals surface area contributed by atoms with E-state index in [2.05, 4.69) is 0 Å². The van der Waals surface area contributed by atoms with Gasteiger partial charge in [0.25, 0.3) is 0 Å². The van der Waals surface area contributed by atoms with Gasteiger partial charge in [-0.05, 0) is 29.3 Å². The third-order valence-corrected chi connectivity index (χ3v) is 7.32. The van der Waals surface area contributed by atoms with E-state index in [1.54, 1.807) is 0 Å². The molecule has 4 atom stereocenters. The molecule has 0 aliphatic carbocycles. The van der Waals surface area contributed by atoms with Crippen molar-refractivity contribution in [2.45, 2.75) is 45.8 Å². The van der Waals surface area contributed by atoms with E-state index < -0.39 is 72.8 Å². The second kappa shape index (κ2) is 16.9. The summed E-state index contributed by atoms with van der Waals surface area (Å²) in [6.07, 6.45) is -2.14. The van der Waals surface area contributed by atoms with Crippen molar-refractivity contribution in [1.29, 1.82) is 0 Å². The van der Waals surface area contributed by atoms with Crippen LogP contribution in [0.25, 0.3) is 0 Å². The molecule has 0 spiro atoms. The summed E-state index contributed by atoms with van der Waals surface area (Å²) in [6.45, 7) is -3.35. The number of phenolic OH excluding ortho intramolecular Hbond substituents is 2. The number of aromatic hydroxyl groups is 2. The Balaban J connectivity index is 0.00000760. The monoisotopic (exact) mass is 650 g/mol. The van der Waals surface area contributed by atoms with Gasteiger partial charge in [0.1, 0.15) is 26.7 Å². The van der Waals surface area contributed by atoms with Crippen LogP contribution < -0.4 is 9.79 Å². The van der Waals surface area contributed by atoms with Crippen molar-refractivity contribution in [3.63, 3.8) is 0 Å². The number of hydrogen-bond acceptors (Lipinski definition) is 12. The van der Waals surface area contributed by atoms with Gasteiger partial charge in [-0.25, -0.2) is 0 Å². The molecule has 0 saturated heterocycles. The molecular formula is C23H36FeN2O12P2. The third-order valence-electron chi connectivity index (χ3n) is 5.88. The molecule has 0 heterocycles. The van der Waals surface area contributed by atoms with E-state index in [0.717, 1.165) is 9.80 Å². The van der Waals surface area contributed by atoms with Crippen LogP contribution in [0.2, 0.25) is 0 Å². The molecule has 17 heteroatoms. The fourth-order valence-electron chi connectivity index (χ4n) is 4.11. The van der Waals surface area contributed by atoms with E-state index >= 15 is 0 Å². The van der Waals surface area contributed by atoms with E-state index in [9.17, 15) is 59.3 Å². The summed E-state index contributed by atoms with van der Waals surface area (Å²) in [5.74, 6) is -0.632. The fourth-order valence-corrected chi connectivity index (χ4v) is 5.65. The molecule has 228 valence electrons. The summed E-state index contributed by atoms with van der Waals surface area (Å²) >= 11 is 0. The van der Waals surface area contributed by atoms with Crippen LogP contribution in [0.4, 0.5) is 0 Å². The molecule has 0 radical (unpaired) electrons. The van der Waals surface area contributed by atoms with E-state index in [0.29, 0.717) is 11.1 Å². The normalized spacial score (nSPS) is 15.9. The number of aliphatic hydroxyl groups excluding tert-OH is 4. The maximum Gasteiger partial charge on any atom is 2.00 e. The average molecular weight is 650 g/mol. The van der Waals surface area contributed by atoms with Crippen LogP contribution in [0.5, 0.6) is 11.5 Å². The maximum absolute atomic E-state index is 11.9. The Labute approximate surface area is 242 Å². The molecule has 0 bridgehead atoms. The molecule has 0 aromatic heterocycles. The SMILES string of the molecule is C.O=P([O-])(O)CN(Cc1ccc(CO)cc1O)C(CO)C(CO)N(Cc1cc(CO)ccc1O)CP(=O)([O-])O.[Fe+2]. The minimum absolute atomic E-state index is 0. The van der Waals surface area contributed by atoms with Gasteiger partial charge in [-0.15, -0.1) is 0 Å². The van der Waals surface area contributed by atoms with Crippen molar-refractivity contribution in [1.82, 2.24) is 9.80 Å². The molecule has 0 aliphatic rings. The average Bonchev–Trinajstić information content (AvgIpc) is 2.82. The summed E-state index contributed by atoms with van der Waals surface area (Å²) in [5, 5.41) is 59.7. The van der Waals surface area contributed by atoms with Crippen LogP contribution in [0.15, 0.2) is 36.4 Å². The predicted molar refractivity (Wildman–Crippen MR) is 137 cm³/mol. The van der Waals surface area contributed by atoms with E-state index in [4.69, 9.17) is 0 Å². The van der Waals surface area contributed by atoms with Gasteiger partial charge >= 0.3 is 17.1 Å². The van der Waals surface area contributed by atoms with Crippen LogP contribution in [0, 0.1) is 0 Å². The molecule has 40 heavy (non-hydrogen) atoms. The van der Waals surface area contributed by atoms with E-state index in [-0.39, 0.29) is 53.7 Å². The Morgan fingerprint density at radius 2 is 1.12 bits per heavy atom. The topological polar surface area (TPSA) is 249 Å². The summed E-state index contributed by atoms with van der Waals surface area (Å²) in [6, 6.07) is 5.29. The largest absolute Gasteiger partial charge is 2.00 e. The van der Waals surface area contributed by atoms with Crippen molar-refractivity contribution in [3.8, 4) is 11.5 Å². The van der Waals surface area contributed by atoms with E-state index in [1.807, 2.05) is 0 Å². The van der Waals surface area contributed by atoms with Crippen LogP contribution in [-0.2, 0) is 52.5 Å². The van der Waals surface area contributed by atoms with Gasteiger partial charge in [0, 0.05) is 24.2 Å². The Bertz CT molecular complexity index is 1160. The summed E-state index contributed by atoms with van der Waals surface area (Å²) in [4.78, 5) is 44.9. The van der Waals surface area contributed by atoms with Gasteiger partial charge in [-0.3, -0.25) is 9.80 Å². The Hall–Kier alpha value is -1.38. The molecule has 14 nitrogen and oxygen atoms in total. The van der Waals surface area contributed by atoms with Gasteiger partial charge in [0.15, 0.2) is 0 Å². The zero-order valence-corrected chi connectivity index (χ0v) is 23.5. The third kappa shape index (κ3) is 11.8. The fraction of sp³-hybridized carbons (Fsp3) is 0.478. The van der Waals surface area contributed by atoms with Crippen molar-refractivity contribution in [3.05, 3.63) is 58.7 Å². The van der Waals surface area contributed by atoms with E-state index in [1.165, 1.54) is 36.4 Å². The van der Waals surface area contributed by atoms with Gasteiger partial charge in [-0.1, -0.05) is 25.6 Å². The molecule has 2 aromatic rings. The minimum Gasteiger partial charge on any atom is -0.778 e. The van der Waals surface area contributed by atoms with Gasteiger partial charge < -0.3 is 59.3 Å². The smallest absolute Gasteiger partial charge is 0.778 e. The number of hydrogen-bond donors (Lipinski definition) is 8. The molecule has 2 rings (SSSR count). The number of phenols is 2. The molecule has 0 saturated carbocycles. The second-order valence-corrected chi connectivity index (χ2v) is 11.9. The number of benzene rings is 2. The quantitative estimate of drug-likeness (QED) is 0.0829. The van der Waals surface area contributed by atoms with Crippen molar-refractivity contribution < 1.29 is 76.4 Å². The Kier molecular flexibility index (Phi) is 16.3. The van der Waals surface area contributed by atoms with Crippen molar-refractivity contribution >= 4 is 15.2 Å². The van der Waals surface area contributed by atoms with Gasteiger partial charge in [-0.2, -0.15) is 0 Å². The van der Waals surface area contributed by atoms with Crippen molar-refractivity contribution in [2.24, 2.45) is 0 Å². The minimum atomic E-state index is -5.06. The Morgan fingerprint density at radius 3 is 1.52 bits per heavy atom. The molecule has 0 fully saturated rings. The zero-order chi connectivity index (χ0) is 28.7. The first kappa shape index (κ1) is 38.6. The number of aliphatic hydroxyl groups is 4. The summed E-state index contributed by atoms with van der Waals surface area (Å²) in [5.41, 5.74) is 0.941. The summed E-state index contributed by atoms with van der Waals surface area (Å²) < 4.78 is 23.7. The molecular weight excluding hydrogens is 614 g/mol. The van der Waals surface area contributed by atoms with Gasteiger partial charge in [0.2, 0.25) is 0 Å². The van der Waals surface area contributed by atoms with Crippen molar-refractivity contribution in [2.75, 3.05) is 25.8 Å². The number of nitrogens with zero attached hydrogens (tertiary/aromatic N) is 2. The summed E-state index contributed by atoms with van der Waals surface area (Å²) in [7, 11) is -10.1. The molecule has 8 N–H and O–H groups in total. The predicted octanol–water partition coefficient (Wildman–Crippen LogP) is -1.25. The molecule has 0 amide bonds. The van der Waals surface area contributed by atoms with Crippen LogP contribution in [-0.4, -0.2) is 88.1 Å². The zero-order valence-electron chi connectivity index (χ0n) is 20.6. The Morgan fingerprint density at radius 1 is 0.700 bits per heavy atom. The second-order valence-electron chi connectivity index (χ2n) is 8.79. The first-order chi connectivity index (χ1) is 17.7. The van der Waals surface area contributed by atoms with Crippen LogP contribution in [0.3, 0.4) is 0 Å². The van der Waals surface area contributed by atoms with Crippen LogP contribution >= 0.6 is 15.2 Å². The first-order valence-electron chi connectivity index (χ1n) is 11.3. The maximum atomic E-state index is 11.9. The number of rotatable bonds is 15. The van der Waals surface area contributed by atoms with Gasteiger partial charge in [0.05, 0.1) is 51.1 Å². The first-order valence-corrected chi connectivity index (χ1v) is 14.8. The molecule has 2 aromatic carbocycles. The molecule has 4 unspecified atom stereocenters.